The molecule has 0 aliphatic rings. The molecule has 1 aromatic carbocycles. The van der Waals surface area contributed by atoms with Gasteiger partial charge >= 0.3 is 0 Å². The summed E-state index contributed by atoms with van der Waals surface area (Å²) in [5.41, 5.74) is 3.44. The summed E-state index contributed by atoms with van der Waals surface area (Å²) in [6.07, 6.45) is 0. The van der Waals surface area contributed by atoms with Crippen molar-refractivity contribution >= 4 is 0 Å². The molecule has 1 heterocycles. The van der Waals surface area contributed by atoms with E-state index >= 15 is 0 Å². The molecule has 0 atom stereocenters. The van der Waals surface area contributed by atoms with Crippen LogP contribution in [0, 0.1) is 6.92 Å². The highest BCUT2D eigenvalue weighted by Crippen LogP contribution is 2.11. The Morgan fingerprint density at radius 2 is 1.89 bits per heavy atom. The van der Waals surface area contributed by atoms with Crippen LogP contribution >= 0.6 is 0 Å². The van der Waals surface area contributed by atoms with Gasteiger partial charge in [-0.15, -0.1) is 5.10 Å². The second kappa shape index (κ2) is 6.38. The molecule has 0 aliphatic carbocycles. The third kappa shape index (κ3) is 4.41. The summed E-state index contributed by atoms with van der Waals surface area (Å²) in [6.45, 7) is 7.69. The van der Waals surface area contributed by atoms with Crippen LogP contribution in [0.2, 0.25) is 0 Å². The van der Waals surface area contributed by atoms with Gasteiger partial charge in [-0.3, -0.25) is 5.10 Å². The average Bonchev–Trinajstić information content (AvgIpc) is 2.81. The van der Waals surface area contributed by atoms with Crippen LogP contribution in [-0.4, -0.2) is 16.2 Å². The number of nitrogens with one attached hydrogen (secondary N) is 2. The molecule has 0 radical (unpaired) electrons. The van der Waals surface area contributed by atoms with Crippen LogP contribution in [0.1, 0.15) is 30.7 Å². The predicted octanol–water partition coefficient (Wildman–Crippen LogP) is 2.80. The third-order valence-electron chi connectivity index (χ3n) is 2.81. The lowest BCUT2D eigenvalue weighted by Gasteiger charge is -2.09. The Hall–Kier alpha value is -1.81. The number of aromatic amines is 1. The summed E-state index contributed by atoms with van der Waals surface area (Å²) in [5.74, 6) is 0.642. The van der Waals surface area contributed by atoms with E-state index in [0.717, 1.165) is 17.8 Å². The van der Waals surface area contributed by atoms with Gasteiger partial charge in [0.2, 0.25) is 5.88 Å². The third-order valence-corrected chi connectivity index (χ3v) is 2.81. The number of nitrogens with zero attached hydrogens (tertiary/aromatic N) is 1. The van der Waals surface area contributed by atoms with E-state index < -0.39 is 0 Å². The van der Waals surface area contributed by atoms with Crippen molar-refractivity contribution in [3.63, 3.8) is 0 Å². The molecule has 19 heavy (non-hydrogen) atoms. The van der Waals surface area contributed by atoms with Gasteiger partial charge in [0.15, 0.2) is 0 Å². The average molecular weight is 259 g/mol. The summed E-state index contributed by atoms with van der Waals surface area (Å²) >= 11 is 0. The standard InChI is InChI=1S/C15H21N3O/c1-11(2)16-9-13-4-6-14(7-5-13)10-19-15-8-12(3)17-18-15/h4-8,11,16H,9-10H2,1-3H3,(H,17,18). The van der Waals surface area contributed by atoms with Gasteiger partial charge in [0.05, 0.1) is 0 Å². The molecule has 0 aliphatic heterocycles. The highest BCUT2D eigenvalue weighted by molar-refractivity contribution is 5.22. The zero-order valence-electron chi connectivity index (χ0n) is 11.7. The monoisotopic (exact) mass is 259 g/mol. The first-order valence-corrected chi connectivity index (χ1v) is 6.59. The van der Waals surface area contributed by atoms with E-state index in [2.05, 4.69) is 53.6 Å². The van der Waals surface area contributed by atoms with Crippen LogP contribution in [0.5, 0.6) is 5.88 Å². The second-order valence-electron chi connectivity index (χ2n) is 5.03. The maximum atomic E-state index is 5.59. The zero-order chi connectivity index (χ0) is 13.7. The smallest absolute Gasteiger partial charge is 0.233 e. The second-order valence-corrected chi connectivity index (χ2v) is 5.03. The Bertz CT molecular complexity index is 502. The number of rotatable bonds is 6. The molecule has 102 valence electrons. The van der Waals surface area contributed by atoms with E-state index in [1.807, 2.05) is 13.0 Å². The quantitative estimate of drug-likeness (QED) is 0.838. The van der Waals surface area contributed by atoms with E-state index in [1.165, 1.54) is 5.56 Å². The largest absolute Gasteiger partial charge is 0.472 e. The molecule has 0 spiro atoms. The maximum absolute atomic E-state index is 5.59. The molecular formula is C15H21N3O. The van der Waals surface area contributed by atoms with Gasteiger partial charge in [0.25, 0.3) is 0 Å². The highest BCUT2D eigenvalue weighted by Gasteiger charge is 2.00. The normalized spacial score (nSPS) is 10.9. The number of hydrogen-bond donors (Lipinski definition) is 2. The molecule has 4 heteroatoms. The Labute approximate surface area is 114 Å². The van der Waals surface area contributed by atoms with Crippen molar-refractivity contribution in [1.29, 1.82) is 0 Å². The molecular weight excluding hydrogens is 238 g/mol. The Kier molecular flexibility index (Phi) is 4.58. The first-order chi connectivity index (χ1) is 9.13. The van der Waals surface area contributed by atoms with Crippen LogP contribution in [0.3, 0.4) is 0 Å². The zero-order valence-corrected chi connectivity index (χ0v) is 11.7. The number of aromatic nitrogens is 2. The molecule has 2 rings (SSSR count). The van der Waals surface area contributed by atoms with Crippen molar-refractivity contribution in [3.8, 4) is 5.88 Å². The highest BCUT2D eigenvalue weighted by atomic mass is 16.5. The Balaban J connectivity index is 1.84. The predicted molar refractivity (Wildman–Crippen MR) is 76.1 cm³/mol. The molecule has 0 fully saturated rings. The van der Waals surface area contributed by atoms with Crippen LogP contribution in [-0.2, 0) is 13.2 Å². The Morgan fingerprint density at radius 3 is 2.47 bits per heavy atom. The van der Waals surface area contributed by atoms with Crippen molar-refractivity contribution in [2.75, 3.05) is 0 Å². The fourth-order valence-corrected chi connectivity index (χ4v) is 1.70. The molecule has 0 unspecified atom stereocenters. The lowest BCUT2D eigenvalue weighted by Crippen LogP contribution is -2.21. The Morgan fingerprint density at radius 1 is 1.21 bits per heavy atom. The van der Waals surface area contributed by atoms with Crippen LogP contribution in [0.4, 0.5) is 0 Å². The SMILES string of the molecule is Cc1cc(OCc2ccc(CNC(C)C)cc2)n[nH]1. The van der Waals surface area contributed by atoms with E-state index in [4.69, 9.17) is 4.74 Å². The fourth-order valence-electron chi connectivity index (χ4n) is 1.70. The van der Waals surface area contributed by atoms with Gasteiger partial charge in [-0.1, -0.05) is 38.1 Å². The maximum Gasteiger partial charge on any atom is 0.233 e. The van der Waals surface area contributed by atoms with Crippen molar-refractivity contribution in [2.24, 2.45) is 0 Å². The molecule has 2 N–H and O–H groups in total. The van der Waals surface area contributed by atoms with Gasteiger partial charge in [0, 0.05) is 24.3 Å². The summed E-state index contributed by atoms with van der Waals surface area (Å²) in [5, 5.41) is 10.3. The van der Waals surface area contributed by atoms with E-state index in [0.29, 0.717) is 18.5 Å². The minimum absolute atomic E-state index is 0.505. The topological polar surface area (TPSA) is 49.9 Å². The number of benzene rings is 1. The summed E-state index contributed by atoms with van der Waals surface area (Å²) in [7, 11) is 0. The summed E-state index contributed by atoms with van der Waals surface area (Å²) < 4.78 is 5.59. The minimum atomic E-state index is 0.505. The van der Waals surface area contributed by atoms with Gasteiger partial charge in [-0.05, 0) is 18.1 Å². The van der Waals surface area contributed by atoms with Crippen LogP contribution < -0.4 is 10.1 Å². The minimum Gasteiger partial charge on any atom is -0.472 e. The van der Waals surface area contributed by atoms with Gasteiger partial charge < -0.3 is 10.1 Å². The fraction of sp³-hybridized carbons (Fsp3) is 0.400. The van der Waals surface area contributed by atoms with Crippen molar-refractivity contribution in [1.82, 2.24) is 15.5 Å². The molecule has 0 saturated carbocycles. The number of H-pyrrole nitrogens is 1. The molecule has 4 nitrogen and oxygen atoms in total. The van der Waals surface area contributed by atoms with E-state index in [1.54, 1.807) is 0 Å². The molecule has 0 amide bonds. The number of ether oxygens (including phenoxy) is 1. The molecule has 1 aromatic heterocycles. The van der Waals surface area contributed by atoms with Gasteiger partial charge in [-0.25, -0.2) is 0 Å². The molecule has 2 aromatic rings. The van der Waals surface area contributed by atoms with Crippen LogP contribution in [0.15, 0.2) is 30.3 Å². The number of aryl methyl sites for hydroxylation is 1. The van der Waals surface area contributed by atoms with Gasteiger partial charge in [-0.2, -0.15) is 0 Å². The molecule has 0 bridgehead atoms. The van der Waals surface area contributed by atoms with Crippen molar-refractivity contribution < 1.29 is 4.74 Å². The lowest BCUT2D eigenvalue weighted by molar-refractivity contribution is 0.293. The van der Waals surface area contributed by atoms with E-state index in [9.17, 15) is 0 Å². The molecule has 0 saturated heterocycles. The van der Waals surface area contributed by atoms with Gasteiger partial charge in [0.1, 0.15) is 6.61 Å². The lowest BCUT2D eigenvalue weighted by atomic mass is 10.1. The van der Waals surface area contributed by atoms with Crippen LogP contribution in [0.25, 0.3) is 0 Å². The van der Waals surface area contributed by atoms with Crippen molar-refractivity contribution in [2.45, 2.75) is 40.0 Å². The summed E-state index contributed by atoms with van der Waals surface area (Å²) in [6, 6.07) is 10.8. The first kappa shape index (κ1) is 13.6. The number of hydrogen-bond acceptors (Lipinski definition) is 3. The summed E-state index contributed by atoms with van der Waals surface area (Å²) in [4.78, 5) is 0. The first-order valence-electron chi connectivity index (χ1n) is 6.59. The van der Waals surface area contributed by atoms with E-state index in [-0.39, 0.29) is 0 Å². The van der Waals surface area contributed by atoms with Crippen molar-refractivity contribution in [3.05, 3.63) is 47.2 Å².